The van der Waals surface area contributed by atoms with Crippen LogP contribution in [0.3, 0.4) is 0 Å². The summed E-state index contributed by atoms with van der Waals surface area (Å²) < 4.78 is 0. The zero-order valence-corrected chi connectivity index (χ0v) is 10.3. The number of carbonyl (C=O) groups excluding carboxylic acids is 1. The van der Waals surface area contributed by atoms with E-state index in [-0.39, 0.29) is 0 Å². The number of benzene rings is 1. The number of Topliss-reactive ketones (excluding diaryl/α,β-unsaturated/α-hetero) is 1. The Kier molecular flexibility index (Phi) is 3.00. The van der Waals surface area contributed by atoms with Gasteiger partial charge in [0.2, 0.25) is 0 Å². The summed E-state index contributed by atoms with van der Waals surface area (Å²) in [5.41, 5.74) is 1.41. The zero-order valence-electron chi connectivity index (χ0n) is 10.3. The highest BCUT2D eigenvalue weighted by Gasteiger charge is 2.45. The summed E-state index contributed by atoms with van der Waals surface area (Å²) in [4.78, 5) is 12.0. The van der Waals surface area contributed by atoms with Crippen LogP contribution in [0.4, 0.5) is 0 Å². The van der Waals surface area contributed by atoms with Crippen LogP contribution in [0.1, 0.15) is 37.7 Å². The molecule has 0 saturated heterocycles. The fourth-order valence-electron chi connectivity index (χ4n) is 3.72. The highest BCUT2D eigenvalue weighted by atomic mass is 16.1. The third-order valence-electron chi connectivity index (χ3n) is 4.63. The van der Waals surface area contributed by atoms with Crippen molar-refractivity contribution < 1.29 is 4.79 Å². The Labute approximate surface area is 103 Å². The molecule has 1 aromatic carbocycles. The fourth-order valence-corrected chi connectivity index (χ4v) is 3.72. The van der Waals surface area contributed by atoms with Gasteiger partial charge in [0.1, 0.15) is 5.78 Å². The maximum Gasteiger partial charge on any atom is 0.139 e. The molecule has 3 atom stereocenters. The number of aryl methyl sites for hydroxylation is 1. The molecule has 0 spiro atoms. The molecule has 0 N–H and O–H groups in total. The Hall–Kier alpha value is -1.11. The minimum Gasteiger partial charge on any atom is -0.299 e. The van der Waals surface area contributed by atoms with E-state index >= 15 is 0 Å². The summed E-state index contributed by atoms with van der Waals surface area (Å²) in [7, 11) is 0. The quantitative estimate of drug-likeness (QED) is 0.769. The Morgan fingerprint density at radius 1 is 1.12 bits per heavy atom. The molecule has 0 aliphatic heterocycles. The van der Waals surface area contributed by atoms with Crippen LogP contribution >= 0.6 is 0 Å². The Balaban J connectivity index is 1.51. The lowest BCUT2D eigenvalue weighted by molar-refractivity contribution is -0.125. The monoisotopic (exact) mass is 228 g/mol. The van der Waals surface area contributed by atoms with Gasteiger partial charge in [-0.05, 0) is 50.0 Å². The first-order valence-electron chi connectivity index (χ1n) is 6.92. The first kappa shape index (κ1) is 11.0. The van der Waals surface area contributed by atoms with Gasteiger partial charge in [-0.2, -0.15) is 0 Å². The first-order chi connectivity index (χ1) is 8.34. The molecule has 0 heterocycles. The molecule has 0 unspecified atom stereocenters. The normalized spacial score (nSPS) is 31.1. The van der Waals surface area contributed by atoms with Crippen LogP contribution in [0.15, 0.2) is 30.3 Å². The molecule has 0 radical (unpaired) electrons. The van der Waals surface area contributed by atoms with E-state index in [1.165, 1.54) is 31.2 Å². The Morgan fingerprint density at radius 2 is 1.94 bits per heavy atom. The molecule has 1 nitrogen and oxygen atoms in total. The van der Waals surface area contributed by atoms with Gasteiger partial charge >= 0.3 is 0 Å². The summed E-state index contributed by atoms with van der Waals surface area (Å²) in [5.74, 6) is 2.19. The largest absolute Gasteiger partial charge is 0.299 e. The van der Waals surface area contributed by atoms with E-state index in [2.05, 4.69) is 30.3 Å². The van der Waals surface area contributed by atoms with Crippen LogP contribution in [0, 0.1) is 17.8 Å². The van der Waals surface area contributed by atoms with Crippen molar-refractivity contribution in [1.29, 1.82) is 0 Å². The van der Waals surface area contributed by atoms with Crippen molar-refractivity contribution in [2.75, 3.05) is 0 Å². The van der Waals surface area contributed by atoms with Gasteiger partial charge in [-0.15, -0.1) is 0 Å². The number of hydrogen-bond donors (Lipinski definition) is 0. The maximum atomic E-state index is 12.0. The molecule has 2 saturated carbocycles. The summed E-state index contributed by atoms with van der Waals surface area (Å²) in [6.45, 7) is 0. The average Bonchev–Trinajstić information content (AvgIpc) is 2.94. The third kappa shape index (κ3) is 2.15. The van der Waals surface area contributed by atoms with E-state index in [9.17, 15) is 4.79 Å². The number of fused-ring (bicyclic) bond motifs is 2. The highest BCUT2D eigenvalue weighted by molar-refractivity contribution is 5.86. The topological polar surface area (TPSA) is 17.1 Å². The van der Waals surface area contributed by atoms with E-state index in [0.29, 0.717) is 17.6 Å². The van der Waals surface area contributed by atoms with E-state index in [1.807, 2.05) is 0 Å². The van der Waals surface area contributed by atoms with Crippen LogP contribution < -0.4 is 0 Å². The smallest absolute Gasteiger partial charge is 0.139 e. The second-order valence-electron chi connectivity index (χ2n) is 5.66. The Bertz CT molecular complexity index is 395. The predicted octanol–water partition coefficient (Wildman–Crippen LogP) is 3.62. The van der Waals surface area contributed by atoms with Gasteiger partial charge in [-0.3, -0.25) is 4.79 Å². The van der Waals surface area contributed by atoms with Gasteiger partial charge in [0, 0.05) is 11.8 Å². The van der Waals surface area contributed by atoms with Gasteiger partial charge in [0.15, 0.2) is 0 Å². The van der Waals surface area contributed by atoms with Gasteiger partial charge < -0.3 is 0 Å². The molecule has 3 rings (SSSR count). The minimum absolute atomic E-state index is 0.414. The maximum absolute atomic E-state index is 12.0. The molecule has 0 amide bonds. The molecule has 1 heteroatoms. The Morgan fingerprint density at radius 3 is 2.65 bits per heavy atom. The van der Waals surface area contributed by atoms with Crippen molar-refractivity contribution in [3.8, 4) is 0 Å². The van der Waals surface area contributed by atoms with Gasteiger partial charge in [-0.1, -0.05) is 30.3 Å². The summed E-state index contributed by atoms with van der Waals surface area (Å²) in [6, 6.07) is 10.6. The second kappa shape index (κ2) is 4.64. The standard InChI is InChI=1S/C16H20O/c17-16-14-10-9-13(11-14)15(16)8-4-7-12-5-2-1-3-6-12/h1-3,5-6,13-15H,4,7-11H2/t13-,14+,15+/m1/s1. The van der Waals surface area contributed by atoms with Crippen molar-refractivity contribution in [3.05, 3.63) is 35.9 Å². The molecular formula is C16H20O. The molecule has 1 aromatic rings. The van der Waals surface area contributed by atoms with E-state index in [0.717, 1.165) is 18.8 Å². The molecule has 2 aliphatic rings. The van der Waals surface area contributed by atoms with Crippen molar-refractivity contribution in [1.82, 2.24) is 0 Å². The summed E-state index contributed by atoms with van der Waals surface area (Å²) >= 11 is 0. The SMILES string of the molecule is O=C1[C@H]2CC[C@H](C2)[C@@H]1CCCc1ccccc1. The minimum atomic E-state index is 0.414. The molecule has 17 heavy (non-hydrogen) atoms. The summed E-state index contributed by atoms with van der Waals surface area (Å²) in [6.07, 6.45) is 7.11. The van der Waals surface area contributed by atoms with E-state index < -0.39 is 0 Å². The van der Waals surface area contributed by atoms with Gasteiger partial charge in [-0.25, -0.2) is 0 Å². The zero-order chi connectivity index (χ0) is 11.7. The average molecular weight is 228 g/mol. The predicted molar refractivity (Wildman–Crippen MR) is 68.7 cm³/mol. The summed E-state index contributed by atoms with van der Waals surface area (Å²) in [5, 5.41) is 0. The fraction of sp³-hybridized carbons (Fsp3) is 0.562. The van der Waals surface area contributed by atoms with Crippen LogP contribution in [0.25, 0.3) is 0 Å². The van der Waals surface area contributed by atoms with E-state index in [1.54, 1.807) is 0 Å². The second-order valence-corrected chi connectivity index (χ2v) is 5.66. The van der Waals surface area contributed by atoms with Gasteiger partial charge in [0.25, 0.3) is 0 Å². The first-order valence-corrected chi connectivity index (χ1v) is 6.92. The van der Waals surface area contributed by atoms with E-state index in [4.69, 9.17) is 0 Å². The molecule has 2 fully saturated rings. The van der Waals surface area contributed by atoms with Gasteiger partial charge in [0.05, 0.1) is 0 Å². The lowest BCUT2D eigenvalue weighted by Crippen LogP contribution is -2.22. The van der Waals surface area contributed by atoms with Crippen molar-refractivity contribution >= 4 is 5.78 Å². The number of carbonyl (C=O) groups is 1. The molecule has 90 valence electrons. The number of rotatable bonds is 4. The van der Waals surface area contributed by atoms with Crippen LogP contribution in [0.2, 0.25) is 0 Å². The third-order valence-corrected chi connectivity index (χ3v) is 4.63. The van der Waals surface area contributed by atoms with Crippen molar-refractivity contribution in [2.24, 2.45) is 17.8 Å². The van der Waals surface area contributed by atoms with Crippen LogP contribution in [-0.2, 0) is 11.2 Å². The lowest BCUT2D eigenvalue weighted by Gasteiger charge is -2.20. The molecule has 2 bridgehead atoms. The highest BCUT2D eigenvalue weighted by Crippen LogP contribution is 2.47. The number of hydrogen-bond acceptors (Lipinski definition) is 1. The van der Waals surface area contributed by atoms with Crippen LogP contribution in [0.5, 0.6) is 0 Å². The molecule has 2 aliphatic carbocycles. The van der Waals surface area contributed by atoms with Crippen LogP contribution in [-0.4, -0.2) is 5.78 Å². The van der Waals surface area contributed by atoms with Crippen molar-refractivity contribution in [2.45, 2.75) is 38.5 Å². The molecular weight excluding hydrogens is 208 g/mol. The molecule has 0 aromatic heterocycles. The van der Waals surface area contributed by atoms with Crippen molar-refractivity contribution in [3.63, 3.8) is 0 Å². The number of ketones is 1. The lowest BCUT2D eigenvalue weighted by atomic mass is 9.84.